The molecule has 2 heterocycles. The summed E-state index contributed by atoms with van der Waals surface area (Å²) in [6, 6.07) is 8.10. The van der Waals surface area contributed by atoms with Gasteiger partial charge in [0.2, 0.25) is 10.9 Å². The number of hydrogen-bond acceptors (Lipinski definition) is 4. The maximum Gasteiger partial charge on any atom is 0.243 e. The molecule has 86 valence electrons. The Kier molecular flexibility index (Phi) is 2.60. The molecular weight excluding hydrogens is 300 g/mol. The lowest BCUT2D eigenvalue weighted by atomic mass is 10.2. The van der Waals surface area contributed by atoms with Crippen LogP contribution in [0.4, 0.5) is 5.95 Å². The smallest absolute Gasteiger partial charge is 0.243 e. The van der Waals surface area contributed by atoms with E-state index in [0.717, 1.165) is 20.7 Å². The van der Waals surface area contributed by atoms with Gasteiger partial charge < -0.3 is 5.32 Å². The normalized spacial score (nSPS) is 10.9. The number of fused-ring (bicyclic) bond motifs is 1. The highest BCUT2D eigenvalue weighted by atomic mass is 79.9. The molecule has 0 saturated heterocycles. The van der Waals surface area contributed by atoms with Gasteiger partial charge in [0.25, 0.3) is 0 Å². The van der Waals surface area contributed by atoms with Crippen LogP contribution in [-0.2, 0) is 0 Å². The van der Waals surface area contributed by atoms with Crippen LogP contribution < -0.4 is 5.32 Å². The van der Waals surface area contributed by atoms with Crippen molar-refractivity contribution in [2.24, 2.45) is 0 Å². The topological polar surface area (TPSA) is 42.2 Å². The van der Waals surface area contributed by atoms with Crippen LogP contribution in [0.2, 0.25) is 0 Å². The van der Waals surface area contributed by atoms with E-state index in [2.05, 4.69) is 42.8 Å². The van der Waals surface area contributed by atoms with Gasteiger partial charge in [-0.3, -0.25) is 0 Å². The van der Waals surface area contributed by atoms with Gasteiger partial charge in [0.1, 0.15) is 0 Å². The first kappa shape index (κ1) is 10.7. The number of aromatic nitrogens is 3. The maximum absolute atomic E-state index is 4.39. The number of anilines is 1. The van der Waals surface area contributed by atoms with Crippen molar-refractivity contribution >= 4 is 38.2 Å². The fourth-order valence-corrected chi connectivity index (χ4v) is 2.95. The van der Waals surface area contributed by atoms with Crippen LogP contribution in [0.5, 0.6) is 0 Å². The molecule has 6 heteroatoms. The summed E-state index contributed by atoms with van der Waals surface area (Å²) < 4.78 is 2.91. The zero-order valence-electron chi connectivity index (χ0n) is 9.01. The molecule has 3 rings (SSSR count). The zero-order valence-corrected chi connectivity index (χ0v) is 11.4. The summed E-state index contributed by atoms with van der Waals surface area (Å²) in [6.45, 7) is 0. The number of thiazole rings is 1. The first-order valence-corrected chi connectivity index (χ1v) is 6.74. The lowest BCUT2D eigenvalue weighted by molar-refractivity contribution is 0.985. The molecule has 0 spiro atoms. The lowest BCUT2D eigenvalue weighted by Gasteiger charge is -2.01. The average Bonchev–Trinajstić information content (AvgIpc) is 2.89. The number of rotatable bonds is 2. The van der Waals surface area contributed by atoms with E-state index in [1.54, 1.807) is 11.3 Å². The minimum atomic E-state index is 0.644. The molecule has 0 saturated carbocycles. The molecule has 2 aromatic heterocycles. The highest BCUT2D eigenvalue weighted by Gasteiger charge is 2.12. The van der Waals surface area contributed by atoms with Crippen molar-refractivity contribution in [3.05, 3.63) is 34.1 Å². The minimum Gasteiger partial charge on any atom is -0.356 e. The molecule has 1 aromatic carbocycles. The molecule has 0 aliphatic heterocycles. The largest absolute Gasteiger partial charge is 0.356 e. The van der Waals surface area contributed by atoms with Crippen molar-refractivity contribution in [3.63, 3.8) is 0 Å². The highest BCUT2D eigenvalue weighted by Crippen LogP contribution is 2.31. The summed E-state index contributed by atoms with van der Waals surface area (Å²) in [5.41, 5.74) is 2.16. The van der Waals surface area contributed by atoms with Crippen LogP contribution in [0.25, 0.3) is 16.2 Å². The zero-order chi connectivity index (χ0) is 11.8. The predicted molar refractivity (Wildman–Crippen MR) is 73.5 cm³/mol. The van der Waals surface area contributed by atoms with E-state index in [1.807, 2.05) is 29.8 Å². The van der Waals surface area contributed by atoms with E-state index in [-0.39, 0.29) is 0 Å². The highest BCUT2D eigenvalue weighted by molar-refractivity contribution is 9.10. The molecule has 0 radical (unpaired) electrons. The second kappa shape index (κ2) is 4.12. The SMILES string of the molecule is CNc1nc2scc(-c3ccccc3Br)n2n1. The van der Waals surface area contributed by atoms with Gasteiger partial charge in [-0.15, -0.1) is 16.4 Å². The summed E-state index contributed by atoms with van der Waals surface area (Å²) in [5, 5.41) is 9.40. The number of hydrogen-bond donors (Lipinski definition) is 1. The van der Waals surface area contributed by atoms with Gasteiger partial charge in [0.05, 0.1) is 5.69 Å². The Morgan fingerprint density at radius 1 is 1.35 bits per heavy atom. The molecule has 0 aliphatic carbocycles. The van der Waals surface area contributed by atoms with E-state index in [9.17, 15) is 0 Å². The number of halogens is 1. The van der Waals surface area contributed by atoms with Crippen molar-refractivity contribution in [1.82, 2.24) is 14.6 Å². The van der Waals surface area contributed by atoms with Gasteiger partial charge in [-0.25, -0.2) is 4.52 Å². The Balaban J connectivity index is 2.23. The molecule has 4 nitrogen and oxygen atoms in total. The molecule has 17 heavy (non-hydrogen) atoms. The Morgan fingerprint density at radius 2 is 2.18 bits per heavy atom. The van der Waals surface area contributed by atoms with Crippen LogP contribution in [0, 0.1) is 0 Å². The monoisotopic (exact) mass is 308 g/mol. The lowest BCUT2D eigenvalue weighted by Crippen LogP contribution is -1.93. The summed E-state index contributed by atoms with van der Waals surface area (Å²) in [7, 11) is 1.82. The second-order valence-electron chi connectivity index (χ2n) is 3.48. The van der Waals surface area contributed by atoms with Gasteiger partial charge in [-0.05, 0) is 6.07 Å². The van der Waals surface area contributed by atoms with Crippen molar-refractivity contribution < 1.29 is 0 Å². The van der Waals surface area contributed by atoms with Crippen LogP contribution in [0.15, 0.2) is 34.1 Å². The molecule has 0 bridgehead atoms. The summed E-state index contributed by atoms with van der Waals surface area (Å²) in [5.74, 6) is 0.644. The van der Waals surface area contributed by atoms with Gasteiger partial charge in [-0.2, -0.15) is 4.98 Å². The van der Waals surface area contributed by atoms with E-state index >= 15 is 0 Å². The van der Waals surface area contributed by atoms with Crippen molar-refractivity contribution in [2.75, 3.05) is 12.4 Å². The quantitative estimate of drug-likeness (QED) is 0.790. The second-order valence-corrected chi connectivity index (χ2v) is 5.17. The third-order valence-corrected chi connectivity index (χ3v) is 3.96. The van der Waals surface area contributed by atoms with Crippen molar-refractivity contribution in [1.29, 1.82) is 0 Å². The standard InChI is InChI=1S/C11H9BrN4S/c1-13-10-14-11-16(15-10)9(6-17-11)7-4-2-3-5-8(7)12/h2-6H,1H3,(H,13,15). The summed E-state index contributed by atoms with van der Waals surface area (Å²) in [4.78, 5) is 5.24. The fourth-order valence-electron chi connectivity index (χ4n) is 1.64. The first-order chi connectivity index (χ1) is 8.29. The van der Waals surface area contributed by atoms with Crippen LogP contribution in [0.1, 0.15) is 0 Å². The first-order valence-electron chi connectivity index (χ1n) is 5.06. The summed E-state index contributed by atoms with van der Waals surface area (Å²) >= 11 is 5.14. The Labute approximate surface area is 110 Å². The van der Waals surface area contributed by atoms with E-state index in [0.29, 0.717) is 5.95 Å². The molecule has 0 aliphatic rings. The third-order valence-electron chi connectivity index (χ3n) is 2.46. The third kappa shape index (κ3) is 1.73. The number of nitrogens with one attached hydrogen (secondary N) is 1. The Morgan fingerprint density at radius 3 is 2.94 bits per heavy atom. The molecule has 3 aromatic rings. The molecular formula is C11H9BrN4S. The molecule has 1 N–H and O–H groups in total. The molecule has 0 fully saturated rings. The molecule has 0 atom stereocenters. The molecule has 0 unspecified atom stereocenters. The van der Waals surface area contributed by atoms with Crippen LogP contribution >= 0.6 is 27.3 Å². The maximum atomic E-state index is 4.39. The molecule has 0 amide bonds. The van der Waals surface area contributed by atoms with Crippen LogP contribution in [-0.4, -0.2) is 21.6 Å². The van der Waals surface area contributed by atoms with E-state index in [4.69, 9.17) is 0 Å². The van der Waals surface area contributed by atoms with Gasteiger partial charge in [-0.1, -0.05) is 34.1 Å². The summed E-state index contributed by atoms with van der Waals surface area (Å²) in [6.07, 6.45) is 0. The van der Waals surface area contributed by atoms with Gasteiger partial charge in [0, 0.05) is 22.5 Å². The predicted octanol–water partition coefficient (Wildman–Crippen LogP) is 3.26. The van der Waals surface area contributed by atoms with Gasteiger partial charge >= 0.3 is 0 Å². The Hall–Kier alpha value is -1.40. The number of nitrogens with zero attached hydrogens (tertiary/aromatic N) is 3. The van der Waals surface area contributed by atoms with Crippen molar-refractivity contribution in [3.8, 4) is 11.3 Å². The van der Waals surface area contributed by atoms with Gasteiger partial charge in [0.15, 0.2) is 0 Å². The Bertz CT molecular complexity index is 673. The number of benzene rings is 1. The van der Waals surface area contributed by atoms with E-state index < -0.39 is 0 Å². The van der Waals surface area contributed by atoms with Crippen LogP contribution in [0.3, 0.4) is 0 Å². The average molecular weight is 309 g/mol. The fraction of sp³-hybridized carbons (Fsp3) is 0.0909. The minimum absolute atomic E-state index is 0.644. The van der Waals surface area contributed by atoms with E-state index in [1.165, 1.54) is 0 Å². The van der Waals surface area contributed by atoms with Crippen molar-refractivity contribution in [2.45, 2.75) is 0 Å².